The fourth-order valence-electron chi connectivity index (χ4n) is 2.54. The van der Waals surface area contributed by atoms with E-state index in [1.165, 1.54) is 0 Å². The molecule has 0 aromatic carbocycles. The minimum Gasteiger partial charge on any atom is -0.466 e. The number of anilines is 1. The van der Waals surface area contributed by atoms with Gasteiger partial charge in [0.25, 0.3) is 0 Å². The third-order valence-corrected chi connectivity index (χ3v) is 3.64. The fraction of sp³-hybridized carbons (Fsp3) is 0.667. The Bertz CT molecular complexity index is 467. The predicted molar refractivity (Wildman–Crippen MR) is 79.2 cm³/mol. The summed E-state index contributed by atoms with van der Waals surface area (Å²) in [4.78, 5) is 22.6. The van der Waals surface area contributed by atoms with E-state index >= 15 is 0 Å². The van der Waals surface area contributed by atoms with Crippen molar-refractivity contribution in [2.75, 3.05) is 38.3 Å². The zero-order valence-corrected chi connectivity index (χ0v) is 12.7. The van der Waals surface area contributed by atoms with E-state index in [2.05, 4.69) is 14.9 Å². The molecule has 1 saturated heterocycles. The van der Waals surface area contributed by atoms with E-state index in [0.717, 1.165) is 37.3 Å². The molecule has 1 aromatic rings. The summed E-state index contributed by atoms with van der Waals surface area (Å²) in [5, 5.41) is 0. The second-order valence-electron chi connectivity index (χ2n) is 5.15. The van der Waals surface area contributed by atoms with Crippen LogP contribution in [0.3, 0.4) is 0 Å². The van der Waals surface area contributed by atoms with Gasteiger partial charge in [-0.05, 0) is 19.8 Å². The second-order valence-corrected chi connectivity index (χ2v) is 5.15. The standard InChI is InChI=1S/C15H23N3O3/c1-3-21-15(19)12-5-4-7-18(10-12)14-9-13(6-8-20-2)16-11-17-14/h9,11-12H,3-8,10H2,1-2H3. The SMILES string of the molecule is CCOC(=O)C1CCCN(c2cc(CCOC)ncn2)C1. The molecule has 0 saturated carbocycles. The minimum atomic E-state index is -0.101. The van der Waals surface area contributed by atoms with Crippen LogP contribution < -0.4 is 4.90 Å². The van der Waals surface area contributed by atoms with Crippen molar-refractivity contribution >= 4 is 11.8 Å². The van der Waals surface area contributed by atoms with Gasteiger partial charge < -0.3 is 14.4 Å². The lowest BCUT2D eigenvalue weighted by molar-refractivity contribution is -0.148. The number of esters is 1. The first-order valence-electron chi connectivity index (χ1n) is 7.46. The largest absolute Gasteiger partial charge is 0.466 e. The quantitative estimate of drug-likeness (QED) is 0.740. The first kappa shape index (κ1) is 15.7. The molecule has 1 fully saturated rings. The highest BCUT2D eigenvalue weighted by Crippen LogP contribution is 2.22. The van der Waals surface area contributed by atoms with Crippen LogP contribution >= 0.6 is 0 Å². The molecular formula is C15H23N3O3. The molecule has 1 atom stereocenters. The van der Waals surface area contributed by atoms with E-state index in [9.17, 15) is 4.79 Å². The van der Waals surface area contributed by atoms with E-state index in [0.29, 0.717) is 19.8 Å². The van der Waals surface area contributed by atoms with Gasteiger partial charge in [-0.25, -0.2) is 9.97 Å². The molecule has 1 aliphatic rings. The number of methoxy groups -OCH3 is 1. The lowest BCUT2D eigenvalue weighted by Gasteiger charge is -2.32. The Labute approximate surface area is 125 Å². The molecule has 1 unspecified atom stereocenters. The van der Waals surface area contributed by atoms with Crippen LogP contribution in [0.25, 0.3) is 0 Å². The maximum atomic E-state index is 11.9. The average Bonchev–Trinajstić information content (AvgIpc) is 2.53. The lowest BCUT2D eigenvalue weighted by Crippen LogP contribution is -2.39. The lowest BCUT2D eigenvalue weighted by atomic mass is 9.98. The number of rotatable bonds is 6. The van der Waals surface area contributed by atoms with Gasteiger partial charge in [-0.15, -0.1) is 0 Å². The number of carbonyl (C=O) groups excluding carboxylic acids is 1. The van der Waals surface area contributed by atoms with Crippen LogP contribution in [0.15, 0.2) is 12.4 Å². The summed E-state index contributed by atoms with van der Waals surface area (Å²) < 4.78 is 10.2. The van der Waals surface area contributed by atoms with Crippen molar-refractivity contribution in [2.45, 2.75) is 26.2 Å². The summed E-state index contributed by atoms with van der Waals surface area (Å²) >= 11 is 0. The average molecular weight is 293 g/mol. The summed E-state index contributed by atoms with van der Waals surface area (Å²) in [6.07, 6.45) is 4.20. The maximum absolute atomic E-state index is 11.9. The van der Waals surface area contributed by atoms with Crippen molar-refractivity contribution in [3.63, 3.8) is 0 Å². The zero-order valence-electron chi connectivity index (χ0n) is 12.7. The zero-order chi connectivity index (χ0) is 15.1. The Kier molecular flexibility index (Phi) is 5.92. The van der Waals surface area contributed by atoms with Crippen molar-refractivity contribution in [2.24, 2.45) is 5.92 Å². The first-order chi connectivity index (χ1) is 10.2. The summed E-state index contributed by atoms with van der Waals surface area (Å²) in [7, 11) is 1.68. The van der Waals surface area contributed by atoms with Crippen LogP contribution in [0.4, 0.5) is 5.82 Å². The number of aromatic nitrogens is 2. The molecular weight excluding hydrogens is 270 g/mol. The van der Waals surface area contributed by atoms with Crippen molar-refractivity contribution < 1.29 is 14.3 Å². The van der Waals surface area contributed by atoms with Crippen molar-refractivity contribution in [3.05, 3.63) is 18.1 Å². The third-order valence-electron chi connectivity index (χ3n) is 3.64. The molecule has 21 heavy (non-hydrogen) atoms. The summed E-state index contributed by atoms with van der Waals surface area (Å²) in [6.45, 7) is 4.49. The Morgan fingerprint density at radius 1 is 1.48 bits per heavy atom. The molecule has 0 bridgehead atoms. The molecule has 2 heterocycles. The normalized spacial score (nSPS) is 18.6. The molecule has 6 heteroatoms. The molecule has 0 radical (unpaired) electrons. The molecule has 0 spiro atoms. The maximum Gasteiger partial charge on any atom is 0.310 e. The Hall–Kier alpha value is -1.69. The number of hydrogen-bond donors (Lipinski definition) is 0. The van der Waals surface area contributed by atoms with Crippen molar-refractivity contribution in [1.82, 2.24) is 9.97 Å². The molecule has 0 N–H and O–H groups in total. The number of nitrogens with zero attached hydrogens (tertiary/aromatic N) is 3. The number of piperidine rings is 1. The van der Waals surface area contributed by atoms with Gasteiger partial charge in [0.2, 0.25) is 0 Å². The monoisotopic (exact) mass is 293 g/mol. The summed E-state index contributed by atoms with van der Waals surface area (Å²) in [6, 6.07) is 1.98. The Morgan fingerprint density at radius 3 is 3.10 bits per heavy atom. The van der Waals surface area contributed by atoms with Gasteiger partial charge in [-0.2, -0.15) is 0 Å². The van der Waals surface area contributed by atoms with Crippen LogP contribution in [0, 0.1) is 5.92 Å². The van der Waals surface area contributed by atoms with Crippen LogP contribution in [0.5, 0.6) is 0 Å². The molecule has 2 rings (SSSR count). The van der Waals surface area contributed by atoms with Crippen molar-refractivity contribution in [1.29, 1.82) is 0 Å². The number of carbonyl (C=O) groups is 1. The highest BCUT2D eigenvalue weighted by Gasteiger charge is 2.27. The van der Waals surface area contributed by atoms with E-state index in [-0.39, 0.29) is 11.9 Å². The highest BCUT2D eigenvalue weighted by atomic mass is 16.5. The van der Waals surface area contributed by atoms with Gasteiger partial charge in [0, 0.05) is 38.4 Å². The smallest absolute Gasteiger partial charge is 0.310 e. The predicted octanol–water partition coefficient (Wildman–Crippen LogP) is 1.45. The molecule has 0 amide bonds. The van der Waals surface area contributed by atoms with E-state index in [1.807, 2.05) is 13.0 Å². The topological polar surface area (TPSA) is 64.5 Å². The number of hydrogen-bond acceptors (Lipinski definition) is 6. The van der Waals surface area contributed by atoms with Crippen LogP contribution in [0.2, 0.25) is 0 Å². The molecule has 6 nitrogen and oxygen atoms in total. The Morgan fingerprint density at radius 2 is 2.33 bits per heavy atom. The fourth-order valence-corrected chi connectivity index (χ4v) is 2.54. The second kappa shape index (κ2) is 7.93. The Balaban J connectivity index is 2.01. The summed E-state index contributed by atoms with van der Waals surface area (Å²) in [5.74, 6) is 0.719. The molecule has 116 valence electrons. The van der Waals surface area contributed by atoms with E-state index < -0.39 is 0 Å². The third kappa shape index (κ3) is 4.39. The van der Waals surface area contributed by atoms with E-state index in [4.69, 9.17) is 9.47 Å². The minimum absolute atomic E-state index is 0.0592. The van der Waals surface area contributed by atoms with Gasteiger partial charge in [-0.3, -0.25) is 4.79 Å². The van der Waals surface area contributed by atoms with Crippen LogP contribution in [0.1, 0.15) is 25.5 Å². The summed E-state index contributed by atoms with van der Waals surface area (Å²) in [5.41, 5.74) is 0.958. The van der Waals surface area contributed by atoms with Gasteiger partial charge in [0.15, 0.2) is 0 Å². The van der Waals surface area contributed by atoms with Gasteiger partial charge >= 0.3 is 5.97 Å². The molecule has 0 aliphatic carbocycles. The molecule has 1 aromatic heterocycles. The van der Waals surface area contributed by atoms with Crippen molar-refractivity contribution in [3.8, 4) is 0 Å². The first-order valence-corrected chi connectivity index (χ1v) is 7.46. The highest BCUT2D eigenvalue weighted by molar-refractivity contribution is 5.73. The van der Waals surface area contributed by atoms with Gasteiger partial charge in [-0.1, -0.05) is 0 Å². The number of ether oxygens (including phenoxy) is 2. The molecule has 1 aliphatic heterocycles. The van der Waals surface area contributed by atoms with Gasteiger partial charge in [0.1, 0.15) is 12.1 Å². The van der Waals surface area contributed by atoms with Crippen LogP contribution in [-0.4, -0.2) is 49.4 Å². The van der Waals surface area contributed by atoms with Crippen LogP contribution in [-0.2, 0) is 20.7 Å². The van der Waals surface area contributed by atoms with E-state index in [1.54, 1.807) is 13.4 Å². The van der Waals surface area contributed by atoms with Gasteiger partial charge in [0.05, 0.1) is 19.1 Å².